The number of nitrogens with zero attached hydrogens (tertiary/aromatic N) is 1. The van der Waals surface area contributed by atoms with Crippen molar-refractivity contribution in [2.24, 2.45) is 0 Å². The Kier molecular flexibility index (Phi) is 6.40. The lowest BCUT2D eigenvalue weighted by Gasteiger charge is -2.28. The van der Waals surface area contributed by atoms with Gasteiger partial charge in [-0.05, 0) is 69.2 Å². The second-order valence-electron chi connectivity index (χ2n) is 11.7. The van der Waals surface area contributed by atoms with E-state index in [1.165, 1.54) is 64.0 Å². The SMILES string of the molecule is c1ccc(-c2ccccc2-c2ccccc2N(c2ccccc2)c2ccc3ccc4ccc5c6ccccc6sc5c4c3c2)cc1. The Morgan fingerprint density at radius 2 is 1.02 bits per heavy atom. The fourth-order valence-electron chi connectivity index (χ4n) is 6.93. The van der Waals surface area contributed by atoms with Crippen LogP contribution in [0.5, 0.6) is 0 Å². The highest BCUT2D eigenvalue weighted by Crippen LogP contribution is 2.46. The minimum atomic E-state index is 1.12. The van der Waals surface area contributed by atoms with Gasteiger partial charge in [-0.1, -0.05) is 140 Å². The van der Waals surface area contributed by atoms with Gasteiger partial charge in [-0.2, -0.15) is 0 Å². The molecule has 9 rings (SSSR count). The zero-order chi connectivity index (χ0) is 30.5. The van der Waals surface area contributed by atoms with E-state index in [2.05, 4.69) is 181 Å². The first-order valence-electron chi connectivity index (χ1n) is 15.7. The molecule has 46 heavy (non-hydrogen) atoms. The molecule has 0 aliphatic heterocycles. The van der Waals surface area contributed by atoms with E-state index in [0.29, 0.717) is 0 Å². The Hall–Kier alpha value is -5.70. The summed E-state index contributed by atoms with van der Waals surface area (Å²) in [6, 6.07) is 63.8. The molecular weight excluding hydrogens is 575 g/mol. The summed E-state index contributed by atoms with van der Waals surface area (Å²) in [7, 11) is 0. The van der Waals surface area contributed by atoms with Gasteiger partial charge in [0.2, 0.25) is 0 Å². The number of para-hydroxylation sites is 2. The lowest BCUT2D eigenvalue weighted by molar-refractivity contribution is 1.29. The van der Waals surface area contributed by atoms with E-state index in [1.807, 2.05) is 11.3 Å². The van der Waals surface area contributed by atoms with Crippen LogP contribution in [0.25, 0.3) is 64.0 Å². The normalized spacial score (nSPS) is 11.5. The summed E-state index contributed by atoms with van der Waals surface area (Å²) >= 11 is 1.90. The minimum Gasteiger partial charge on any atom is -0.310 e. The maximum Gasteiger partial charge on any atom is 0.0540 e. The zero-order valence-corrected chi connectivity index (χ0v) is 25.9. The van der Waals surface area contributed by atoms with E-state index in [4.69, 9.17) is 0 Å². The number of hydrogen-bond acceptors (Lipinski definition) is 2. The average Bonchev–Trinajstić information content (AvgIpc) is 3.52. The van der Waals surface area contributed by atoms with Gasteiger partial charge in [0.25, 0.3) is 0 Å². The first-order chi connectivity index (χ1) is 22.8. The molecule has 1 nitrogen and oxygen atoms in total. The standard InChI is InChI=1S/C44H29NS/c1-3-13-30(14-4-1)35-17-7-8-18-36(35)37-19-9-11-21-41(37)45(33-15-5-2-6-16-33)34-27-25-31-23-24-32-26-28-39-38-20-10-12-22-42(38)46-44(39)43(32)40(31)29-34/h1-29H. The molecule has 0 aliphatic rings. The fourth-order valence-corrected chi connectivity index (χ4v) is 8.21. The first kappa shape index (κ1) is 26.7. The minimum absolute atomic E-state index is 1.12. The third kappa shape index (κ3) is 4.38. The van der Waals surface area contributed by atoms with Gasteiger partial charge in [0, 0.05) is 42.5 Å². The summed E-state index contributed by atoms with van der Waals surface area (Å²) in [4.78, 5) is 2.42. The largest absolute Gasteiger partial charge is 0.310 e. The molecule has 8 aromatic carbocycles. The van der Waals surface area contributed by atoms with Gasteiger partial charge >= 0.3 is 0 Å². The van der Waals surface area contributed by atoms with Gasteiger partial charge in [-0.25, -0.2) is 0 Å². The van der Waals surface area contributed by atoms with Crippen LogP contribution in [0.1, 0.15) is 0 Å². The third-order valence-electron chi connectivity index (χ3n) is 9.05. The Balaban J connectivity index is 1.31. The molecule has 0 spiro atoms. The molecule has 0 aliphatic carbocycles. The van der Waals surface area contributed by atoms with Crippen molar-refractivity contribution in [3.8, 4) is 22.3 Å². The fraction of sp³-hybridized carbons (Fsp3) is 0. The topological polar surface area (TPSA) is 3.24 Å². The second kappa shape index (κ2) is 11.0. The van der Waals surface area contributed by atoms with Crippen molar-refractivity contribution < 1.29 is 0 Å². The van der Waals surface area contributed by atoms with Crippen LogP contribution in [-0.2, 0) is 0 Å². The van der Waals surface area contributed by atoms with E-state index in [0.717, 1.165) is 17.1 Å². The number of thiophene rings is 1. The van der Waals surface area contributed by atoms with Crippen molar-refractivity contribution in [2.45, 2.75) is 0 Å². The quantitative estimate of drug-likeness (QED) is 0.177. The van der Waals surface area contributed by atoms with Crippen LogP contribution in [0.4, 0.5) is 17.1 Å². The summed E-state index contributed by atoms with van der Waals surface area (Å²) in [6.07, 6.45) is 0. The lowest BCUT2D eigenvalue weighted by atomic mass is 9.93. The molecule has 0 unspecified atom stereocenters. The summed E-state index contributed by atoms with van der Waals surface area (Å²) < 4.78 is 2.68. The van der Waals surface area contributed by atoms with E-state index in [1.54, 1.807) is 0 Å². The Morgan fingerprint density at radius 1 is 0.391 bits per heavy atom. The average molecular weight is 604 g/mol. The summed E-state index contributed by atoms with van der Waals surface area (Å²) in [5.41, 5.74) is 8.24. The van der Waals surface area contributed by atoms with Crippen molar-refractivity contribution in [3.05, 3.63) is 176 Å². The van der Waals surface area contributed by atoms with Crippen LogP contribution < -0.4 is 4.90 Å². The highest BCUT2D eigenvalue weighted by atomic mass is 32.1. The molecule has 0 radical (unpaired) electrons. The molecule has 1 aromatic heterocycles. The number of fused-ring (bicyclic) bond motifs is 7. The van der Waals surface area contributed by atoms with E-state index in [9.17, 15) is 0 Å². The van der Waals surface area contributed by atoms with Crippen molar-refractivity contribution in [1.82, 2.24) is 0 Å². The van der Waals surface area contributed by atoms with Gasteiger partial charge < -0.3 is 4.90 Å². The number of benzene rings is 8. The Bertz CT molecular complexity index is 2530. The molecule has 9 aromatic rings. The van der Waals surface area contributed by atoms with Crippen molar-refractivity contribution in [1.29, 1.82) is 0 Å². The third-order valence-corrected chi connectivity index (χ3v) is 10.3. The van der Waals surface area contributed by atoms with Crippen molar-refractivity contribution in [2.75, 3.05) is 4.90 Å². The Morgan fingerprint density at radius 3 is 1.87 bits per heavy atom. The van der Waals surface area contributed by atoms with Gasteiger partial charge in [-0.3, -0.25) is 0 Å². The summed E-state index contributed by atoms with van der Waals surface area (Å²) in [5.74, 6) is 0. The van der Waals surface area contributed by atoms with Crippen molar-refractivity contribution in [3.63, 3.8) is 0 Å². The molecule has 0 saturated heterocycles. The summed E-state index contributed by atoms with van der Waals surface area (Å²) in [5, 5.41) is 7.77. The van der Waals surface area contributed by atoms with E-state index >= 15 is 0 Å². The van der Waals surface area contributed by atoms with Crippen LogP contribution in [0.3, 0.4) is 0 Å². The maximum atomic E-state index is 2.42. The number of rotatable bonds is 5. The molecule has 0 saturated carbocycles. The van der Waals surface area contributed by atoms with Crippen LogP contribution in [0, 0.1) is 0 Å². The predicted molar refractivity (Wildman–Crippen MR) is 200 cm³/mol. The van der Waals surface area contributed by atoms with Gasteiger partial charge in [0.05, 0.1) is 5.69 Å². The van der Waals surface area contributed by atoms with Gasteiger partial charge in [-0.15, -0.1) is 11.3 Å². The monoisotopic (exact) mass is 603 g/mol. The van der Waals surface area contributed by atoms with Crippen molar-refractivity contribution >= 4 is 70.1 Å². The molecule has 0 atom stereocenters. The molecule has 0 bridgehead atoms. The smallest absolute Gasteiger partial charge is 0.0540 e. The molecule has 0 fully saturated rings. The van der Waals surface area contributed by atoms with E-state index < -0.39 is 0 Å². The Labute approximate surface area is 272 Å². The number of hydrogen-bond donors (Lipinski definition) is 0. The molecule has 2 heteroatoms. The molecule has 0 amide bonds. The van der Waals surface area contributed by atoms with E-state index in [-0.39, 0.29) is 0 Å². The van der Waals surface area contributed by atoms with Crippen LogP contribution in [0.2, 0.25) is 0 Å². The summed E-state index contributed by atoms with van der Waals surface area (Å²) in [6.45, 7) is 0. The lowest BCUT2D eigenvalue weighted by Crippen LogP contribution is -2.11. The molecule has 0 N–H and O–H groups in total. The predicted octanol–water partition coefficient (Wildman–Crippen LogP) is 13.2. The van der Waals surface area contributed by atoms with Crippen LogP contribution >= 0.6 is 11.3 Å². The van der Waals surface area contributed by atoms with Gasteiger partial charge in [0.15, 0.2) is 0 Å². The molecule has 1 heterocycles. The van der Waals surface area contributed by atoms with Crippen LogP contribution in [-0.4, -0.2) is 0 Å². The van der Waals surface area contributed by atoms with Gasteiger partial charge in [0.1, 0.15) is 0 Å². The van der Waals surface area contributed by atoms with Crippen LogP contribution in [0.15, 0.2) is 176 Å². The highest BCUT2D eigenvalue weighted by molar-refractivity contribution is 7.26. The second-order valence-corrected chi connectivity index (χ2v) is 12.8. The number of anilines is 3. The maximum absolute atomic E-state index is 2.42. The highest BCUT2D eigenvalue weighted by Gasteiger charge is 2.20. The molecule has 216 valence electrons. The first-order valence-corrected chi connectivity index (χ1v) is 16.5. The molecular formula is C44H29NS. The zero-order valence-electron chi connectivity index (χ0n) is 25.1.